The van der Waals surface area contributed by atoms with Crippen molar-refractivity contribution in [3.8, 4) is 0 Å². The van der Waals surface area contributed by atoms with Crippen molar-refractivity contribution in [2.45, 2.75) is 13.0 Å². The van der Waals surface area contributed by atoms with E-state index in [1.165, 1.54) is 6.08 Å². The van der Waals surface area contributed by atoms with Gasteiger partial charge in [-0.3, -0.25) is 9.78 Å². The molecule has 0 saturated heterocycles. The van der Waals surface area contributed by atoms with Crippen LogP contribution in [-0.4, -0.2) is 28.6 Å². The molecule has 0 aliphatic carbocycles. The molecule has 1 rings (SSSR count). The Bertz CT molecular complexity index is 334. The fraction of sp³-hybridized carbons (Fsp3) is 0.273. The number of carbonyl (C=O) groups excluding carboxylic acids is 1. The summed E-state index contributed by atoms with van der Waals surface area (Å²) in [6.07, 6.45) is 5.90. The number of carbonyl (C=O) groups is 1. The summed E-state index contributed by atoms with van der Waals surface area (Å²) in [6, 6.07) is 3.65. The van der Waals surface area contributed by atoms with E-state index < -0.39 is 6.10 Å². The van der Waals surface area contributed by atoms with Crippen LogP contribution in [0.2, 0.25) is 0 Å². The van der Waals surface area contributed by atoms with Gasteiger partial charge in [-0.15, -0.1) is 0 Å². The van der Waals surface area contributed by atoms with Gasteiger partial charge in [0.15, 0.2) is 0 Å². The monoisotopic (exact) mass is 206 g/mol. The number of nitrogens with one attached hydrogen (secondary N) is 1. The second-order valence-electron chi connectivity index (χ2n) is 3.21. The largest absolute Gasteiger partial charge is 0.392 e. The summed E-state index contributed by atoms with van der Waals surface area (Å²) in [7, 11) is 0. The van der Waals surface area contributed by atoms with E-state index in [2.05, 4.69) is 10.3 Å². The number of pyridine rings is 1. The van der Waals surface area contributed by atoms with E-state index in [1.807, 2.05) is 6.07 Å². The number of hydrogen-bond donors (Lipinski definition) is 2. The van der Waals surface area contributed by atoms with Gasteiger partial charge in [0, 0.05) is 25.0 Å². The van der Waals surface area contributed by atoms with Crippen molar-refractivity contribution in [1.29, 1.82) is 0 Å². The van der Waals surface area contributed by atoms with Crippen LogP contribution >= 0.6 is 0 Å². The van der Waals surface area contributed by atoms with Gasteiger partial charge in [-0.1, -0.05) is 6.07 Å². The minimum Gasteiger partial charge on any atom is -0.392 e. The van der Waals surface area contributed by atoms with Crippen LogP contribution in [0.25, 0.3) is 6.08 Å². The van der Waals surface area contributed by atoms with E-state index in [-0.39, 0.29) is 12.5 Å². The molecule has 0 aromatic carbocycles. The van der Waals surface area contributed by atoms with Gasteiger partial charge in [-0.25, -0.2) is 0 Å². The first-order chi connectivity index (χ1) is 7.18. The molecule has 80 valence electrons. The van der Waals surface area contributed by atoms with Gasteiger partial charge in [0.1, 0.15) is 0 Å². The molecule has 1 amide bonds. The Hall–Kier alpha value is -1.68. The Morgan fingerprint density at radius 3 is 3.13 bits per heavy atom. The van der Waals surface area contributed by atoms with Crippen molar-refractivity contribution >= 4 is 12.0 Å². The molecule has 1 atom stereocenters. The minimum atomic E-state index is -0.527. The summed E-state index contributed by atoms with van der Waals surface area (Å²) in [6.45, 7) is 1.88. The summed E-state index contributed by atoms with van der Waals surface area (Å²) in [5, 5.41) is 11.5. The molecule has 0 saturated carbocycles. The van der Waals surface area contributed by atoms with E-state index in [0.717, 1.165) is 5.56 Å². The van der Waals surface area contributed by atoms with Gasteiger partial charge in [-0.05, 0) is 24.6 Å². The summed E-state index contributed by atoms with van der Waals surface area (Å²) >= 11 is 0. The van der Waals surface area contributed by atoms with Crippen LogP contribution in [0.5, 0.6) is 0 Å². The molecule has 4 heteroatoms. The molecule has 0 bridgehead atoms. The lowest BCUT2D eigenvalue weighted by Gasteiger charge is -2.03. The van der Waals surface area contributed by atoms with Crippen LogP contribution < -0.4 is 5.32 Å². The van der Waals surface area contributed by atoms with Crippen LogP contribution in [-0.2, 0) is 4.79 Å². The molecule has 2 N–H and O–H groups in total. The maximum Gasteiger partial charge on any atom is 0.244 e. The summed E-state index contributed by atoms with van der Waals surface area (Å²) in [5.74, 6) is -0.222. The van der Waals surface area contributed by atoms with E-state index in [1.54, 1.807) is 31.5 Å². The number of amides is 1. The highest BCUT2D eigenvalue weighted by atomic mass is 16.3. The third-order valence-corrected chi connectivity index (χ3v) is 1.68. The van der Waals surface area contributed by atoms with Gasteiger partial charge >= 0.3 is 0 Å². The predicted octanol–water partition coefficient (Wildman–Crippen LogP) is 0.592. The standard InChI is InChI=1S/C11H14N2O2/c1-9(14)7-13-11(15)5-4-10-3-2-6-12-8-10/h2-6,8-9,14H,7H2,1H3,(H,13,15)/b5-4+/t9-/m1/s1. The van der Waals surface area contributed by atoms with Crippen LogP contribution in [0.4, 0.5) is 0 Å². The van der Waals surface area contributed by atoms with Crippen molar-refractivity contribution in [2.75, 3.05) is 6.54 Å². The van der Waals surface area contributed by atoms with Gasteiger partial charge < -0.3 is 10.4 Å². The van der Waals surface area contributed by atoms with E-state index in [0.29, 0.717) is 0 Å². The Labute approximate surface area is 88.7 Å². The van der Waals surface area contributed by atoms with Crippen LogP contribution in [0.1, 0.15) is 12.5 Å². The van der Waals surface area contributed by atoms with Crippen LogP contribution in [0, 0.1) is 0 Å². The third kappa shape index (κ3) is 4.93. The van der Waals surface area contributed by atoms with E-state index in [9.17, 15) is 4.79 Å². The SMILES string of the molecule is C[C@@H](O)CNC(=O)/C=C/c1cccnc1. The predicted molar refractivity (Wildman–Crippen MR) is 58.0 cm³/mol. The first kappa shape index (κ1) is 11.4. The van der Waals surface area contributed by atoms with Gasteiger partial charge in [0.05, 0.1) is 6.10 Å². The second kappa shape index (κ2) is 5.93. The second-order valence-corrected chi connectivity index (χ2v) is 3.21. The molecule has 0 aliphatic rings. The average Bonchev–Trinajstić information content (AvgIpc) is 2.25. The zero-order valence-corrected chi connectivity index (χ0v) is 8.55. The highest BCUT2D eigenvalue weighted by molar-refractivity contribution is 5.91. The highest BCUT2D eigenvalue weighted by Gasteiger charge is 1.97. The van der Waals surface area contributed by atoms with Crippen molar-refractivity contribution in [2.24, 2.45) is 0 Å². The van der Waals surface area contributed by atoms with Gasteiger partial charge in [0.2, 0.25) is 5.91 Å². The van der Waals surface area contributed by atoms with Gasteiger partial charge in [0.25, 0.3) is 0 Å². The van der Waals surface area contributed by atoms with Crippen molar-refractivity contribution in [3.05, 3.63) is 36.2 Å². The molecule has 0 fully saturated rings. The molecule has 0 aliphatic heterocycles. The van der Waals surface area contributed by atoms with Crippen molar-refractivity contribution < 1.29 is 9.90 Å². The molecule has 1 aromatic heterocycles. The topological polar surface area (TPSA) is 62.2 Å². The molecule has 15 heavy (non-hydrogen) atoms. The first-order valence-corrected chi connectivity index (χ1v) is 4.72. The van der Waals surface area contributed by atoms with Crippen molar-refractivity contribution in [1.82, 2.24) is 10.3 Å². The van der Waals surface area contributed by atoms with Crippen LogP contribution in [0.3, 0.4) is 0 Å². The maximum atomic E-state index is 11.2. The fourth-order valence-corrected chi connectivity index (χ4v) is 0.954. The fourth-order valence-electron chi connectivity index (χ4n) is 0.954. The number of nitrogens with zero attached hydrogens (tertiary/aromatic N) is 1. The Balaban J connectivity index is 2.41. The number of aromatic nitrogens is 1. The molecule has 4 nitrogen and oxygen atoms in total. The Morgan fingerprint density at radius 2 is 2.53 bits per heavy atom. The number of aliphatic hydroxyl groups excluding tert-OH is 1. The molecular weight excluding hydrogens is 192 g/mol. The molecule has 0 unspecified atom stereocenters. The first-order valence-electron chi connectivity index (χ1n) is 4.72. The lowest BCUT2D eigenvalue weighted by Crippen LogP contribution is -2.28. The molecule has 0 radical (unpaired) electrons. The minimum absolute atomic E-state index is 0.222. The van der Waals surface area contributed by atoms with Gasteiger partial charge in [-0.2, -0.15) is 0 Å². The lowest BCUT2D eigenvalue weighted by molar-refractivity contribution is -0.116. The summed E-state index contributed by atoms with van der Waals surface area (Å²) in [4.78, 5) is 15.1. The molecular formula is C11H14N2O2. The Kier molecular flexibility index (Phi) is 4.50. The number of rotatable bonds is 4. The lowest BCUT2D eigenvalue weighted by atomic mass is 10.2. The molecule has 0 spiro atoms. The molecule has 1 aromatic rings. The van der Waals surface area contributed by atoms with Crippen LogP contribution in [0.15, 0.2) is 30.6 Å². The Morgan fingerprint density at radius 1 is 1.73 bits per heavy atom. The number of hydrogen-bond acceptors (Lipinski definition) is 3. The highest BCUT2D eigenvalue weighted by Crippen LogP contribution is 1.97. The normalized spacial score (nSPS) is 12.7. The van der Waals surface area contributed by atoms with Crippen molar-refractivity contribution in [3.63, 3.8) is 0 Å². The summed E-state index contributed by atoms with van der Waals surface area (Å²) < 4.78 is 0. The quantitative estimate of drug-likeness (QED) is 0.709. The molecule has 1 heterocycles. The zero-order chi connectivity index (χ0) is 11.1. The smallest absolute Gasteiger partial charge is 0.244 e. The summed E-state index contributed by atoms with van der Waals surface area (Å²) in [5.41, 5.74) is 0.865. The van der Waals surface area contributed by atoms with E-state index >= 15 is 0 Å². The number of aliphatic hydroxyl groups is 1. The average molecular weight is 206 g/mol. The zero-order valence-electron chi connectivity index (χ0n) is 8.55. The third-order valence-electron chi connectivity index (χ3n) is 1.68. The van der Waals surface area contributed by atoms with E-state index in [4.69, 9.17) is 5.11 Å². The maximum absolute atomic E-state index is 11.2.